The van der Waals surface area contributed by atoms with Crippen molar-refractivity contribution >= 4 is 23.1 Å². The molecular weight excluding hydrogens is 224 g/mol. The Morgan fingerprint density at radius 1 is 1.12 bits per heavy atom. The Hall–Kier alpha value is -1.74. The second-order valence-electron chi connectivity index (χ2n) is 3.17. The van der Waals surface area contributed by atoms with E-state index in [0.717, 1.165) is 11.4 Å². The van der Waals surface area contributed by atoms with E-state index in [1.54, 1.807) is 13.2 Å². The predicted molar refractivity (Wildman–Crippen MR) is 65.5 cm³/mol. The minimum atomic E-state index is 0.458. The number of rotatable bonds is 3. The number of hydrogen-bond acceptors (Lipinski definition) is 3. The standard InChI is InChI=1S/C12H11ClN2O/c1-16-10-6-3-2-5-9(10)14-12-8-4-7-11(13)15-12/h2-8H,1H3,(H,14,15). The number of methoxy groups -OCH3 is 1. The van der Waals surface area contributed by atoms with E-state index in [9.17, 15) is 0 Å². The number of hydrogen-bond donors (Lipinski definition) is 1. The first-order chi connectivity index (χ1) is 7.79. The van der Waals surface area contributed by atoms with Crippen molar-refractivity contribution in [3.8, 4) is 5.75 Å². The van der Waals surface area contributed by atoms with Crippen LogP contribution in [-0.2, 0) is 0 Å². The lowest BCUT2D eigenvalue weighted by Gasteiger charge is -2.09. The molecular formula is C12H11ClN2O. The van der Waals surface area contributed by atoms with Crippen LogP contribution in [0.25, 0.3) is 0 Å². The molecule has 0 atom stereocenters. The molecule has 0 aliphatic rings. The monoisotopic (exact) mass is 234 g/mol. The Balaban J connectivity index is 2.26. The van der Waals surface area contributed by atoms with Crippen LogP contribution >= 0.6 is 11.6 Å². The van der Waals surface area contributed by atoms with Crippen LogP contribution in [0.5, 0.6) is 5.75 Å². The van der Waals surface area contributed by atoms with Crippen LogP contribution in [0.15, 0.2) is 42.5 Å². The fraction of sp³-hybridized carbons (Fsp3) is 0.0833. The Morgan fingerprint density at radius 2 is 1.94 bits per heavy atom. The maximum Gasteiger partial charge on any atom is 0.142 e. The van der Waals surface area contributed by atoms with Crippen LogP contribution in [0, 0.1) is 0 Å². The van der Waals surface area contributed by atoms with E-state index in [-0.39, 0.29) is 0 Å². The van der Waals surface area contributed by atoms with Crippen molar-refractivity contribution in [3.63, 3.8) is 0 Å². The summed E-state index contributed by atoms with van der Waals surface area (Å²) in [6.45, 7) is 0. The SMILES string of the molecule is COc1ccccc1Nc1cccc(Cl)n1. The average Bonchev–Trinajstić information content (AvgIpc) is 2.30. The third kappa shape index (κ3) is 2.44. The van der Waals surface area contributed by atoms with Crippen molar-refractivity contribution in [2.75, 3.05) is 12.4 Å². The molecule has 0 amide bonds. The first kappa shape index (κ1) is 10.8. The highest BCUT2D eigenvalue weighted by Crippen LogP contribution is 2.26. The fourth-order valence-electron chi connectivity index (χ4n) is 1.36. The van der Waals surface area contributed by atoms with E-state index in [2.05, 4.69) is 10.3 Å². The summed E-state index contributed by atoms with van der Waals surface area (Å²) in [6, 6.07) is 13.1. The molecule has 3 nitrogen and oxygen atoms in total. The minimum absolute atomic E-state index is 0.458. The van der Waals surface area contributed by atoms with E-state index in [1.165, 1.54) is 0 Å². The smallest absolute Gasteiger partial charge is 0.142 e. The maximum atomic E-state index is 5.80. The van der Waals surface area contributed by atoms with E-state index in [0.29, 0.717) is 11.0 Å². The zero-order chi connectivity index (χ0) is 11.4. The highest BCUT2D eigenvalue weighted by Gasteiger charge is 2.02. The van der Waals surface area contributed by atoms with E-state index in [1.807, 2.05) is 36.4 Å². The van der Waals surface area contributed by atoms with Crippen molar-refractivity contribution in [2.45, 2.75) is 0 Å². The van der Waals surface area contributed by atoms with Gasteiger partial charge in [-0.25, -0.2) is 4.98 Å². The molecule has 16 heavy (non-hydrogen) atoms. The van der Waals surface area contributed by atoms with Crippen molar-refractivity contribution in [3.05, 3.63) is 47.6 Å². The van der Waals surface area contributed by atoms with Crippen molar-refractivity contribution in [2.24, 2.45) is 0 Å². The third-order valence-corrected chi connectivity index (χ3v) is 2.30. The molecule has 0 saturated carbocycles. The van der Waals surface area contributed by atoms with Crippen LogP contribution < -0.4 is 10.1 Å². The number of halogens is 1. The summed E-state index contributed by atoms with van der Waals surface area (Å²) in [7, 11) is 1.63. The molecule has 0 saturated heterocycles. The van der Waals surface area contributed by atoms with Crippen molar-refractivity contribution in [1.82, 2.24) is 4.98 Å². The first-order valence-electron chi connectivity index (χ1n) is 4.82. The van der Waals surface area contributed by atoms with Gasteiger partial charge in [0, 0.05) is 0 Å². The summed E-state index contributed by atoms with van der Waals surface area (Å²) in [5, 5.41) is 3.60. The zero-order valence-corrected chi connectivity index (χ0v) is 9.53. The average molecular weight is 235 g/mol. The lowest BCUT2D eigenvalue weighted by atomic mass is 10.3. The van der Waals surface area contributed by atoms with Gasteiger partial charge in [0.05, 0.1) is 12.8 Å². The van der Waals surface area contributed by atoms with Crippen LogP contribution in [-0.4, -0.2) is 12.1 Å². The van der Waals surface area contributed by atoms with Crippen molar-refractivity contribution in [1.29, 1.82) is 0 Å². The number of nitrogens with one attached hydrogen (secondary N) is 1. The van der Waals surface area contributed by atoms with Crippen molar-refractivity contribution < 1.29 is 4.74 Å². The number of aromatic nitrogens is 1. The molecule has 2 rings (SSSR count). The van der Waals surface area contributed by atoms with Gasteiger partial charge in [-0.15, -0.1) is 0 Å². The number of ether oxygens (including phenoxy) is 1. The van der Waals surface area contributed by atoms with Gasteiger partial charge in [0.2, 0.25) is 0 Å². The molecule has 1 aromatic carbocycles. The van der Waals surface area contributed by atoms with Crippen LogP contribution in [0.4, 0.5) is 11.5 Å². The molecule has 82 valence electrons. The second-order valence-corrected chi connectivity index (χ2v) is 3.56. The van der Waals surface area contributed by atoms with Crippen LogP contribution in [0.2, 0.25) is 5.15 Å². The normalized spacial score (nSPS) is 9.88. The highest BCUT2D eigenvalue weighted by atomic mass is 35.5. The van der Waals surface area contributed by atoms with Gasteiger partial charge in [-0.05, 0) is 24.3 Å². The molecule has 1 N–H and O–H groups in total. The van der Waals surface area contributed by atoms with Gasteiger partial charge in [0.25, 0.3) is 0 Å². The number of nitrogens with zero attached hydrogens (tertiary/aromatic N) is 1. The molecule has 0 unspecified atom stereocenters. The minimum Gasteiger partial charge on any atom is -0.495 e. The number of anilines is 2. The summed E-state index contributed by atoms with van der Waals surface area (Å²) in [5.74, 6) is 1.46. The van der Waals surface area contributed by atoms with E-state index >= 15 is 0 Å². The predicted octanol–water partition coefficient (Wildman–Crippen LogP) is 3.49. The molecule has 1 aromatic heterocycles. The topological polar surface area (TPSA) is 34.1 Å². The highest BCUT2D eigenvalue weighted by molar-refractivity contribution is 6.29. The number of benzene rings is 1. The molecule has 0 aliphatic heterocycles. The van der Waals surface area contributed by atoms with Gasteiger partial charge in [-0.1, -0.05) is 29.8 Å². The van der Waals surface area contributed by atoms with E-state index in [4.69, 9.17) is 16.3 Å². The Labute approximate surface area is 99.0 Å². The van der Waals surface area contributed by atoms with Crippen LogP contribution in [0.1, 0.15) is 0 Å². The summed E-state index contributed by atoms with van der Waals surface area (Å²) in [6.07, 6.45) is 0. The summed E-state index contributed by atoms with van der Waals surface area (Å²) >= 11 is 5.80. The summed E-state index contributed by atoms with van der Waals surface area (Å²) in [4.78, 5) is 4.14. The van der Waals surface area contributed by atoms with Gasteiger partial charge < -0.3 is 10.1 Å². The molecule has 4 heteroatoms. The molecule has 0 aliphatic carbocycles. The molecule has 1 heterocycles. The first-order valence-corrected chi connectivity index (χ1v) is 5.20. The largest absolute Gasteiger partial charge is 0.495 e. The second kappa shape index (κ2) is 4.86. The lowest BCUT2D eigenvalue weighted by molar-refractivity contribution is 0.417. The quantitative estimate of drug-likeness (QED) is 0.826. The number of pyridine rings is 1. The molecule has 0 bridgehead atoms. The van der Waals surface area contributed by atoms with Gasteiger partial charge in [-0.3, -0.25) is 0 Å². The lowest BCUT2D eigenvalue weighted by Crippen LogP contribution is -1.96. The Bertz CT molecular complexity index is 488. The number of para-hydroxylation sites is 2. The summed E-state index contributed by atoms with van der Waals surface area (Å²) in [5.41, 5.74) is 0.861. The zero-order valence-electron chi connectivity index (χ0n) is 8.77. The van der Waals surface area contributed by atoms with Gasteiger partial charge in [0.15, 0.2) is 0 Å². The Morgan fingerprint density at radius 3 is 2.69 bits per heavy atom. The maximum absolute atomic E-state index is 5.80. The fourth-order valence-corrected chi connectivity index (χ4v) is 1.53. The van der Waals surface area contributed by atoms with E-state index < -0.39 is 0 Å². The van der Waals surface area contributed by atoms with Gasteiger partial charge in [-0.2, -0.15) is 0 Å². The van der Waals surface area contributed by atoms with Crippen LogP contribution in [0.3, 0.4) is 0 Å². The Kier molecular flexibility index (Phi) is 3.27. The molecule has 2 aromatic rings. The molecule has 0 fully saturated rings. The third-order valence-electron chi connectivity index (χ3n) is 2.08. The molecule has 0 radical (unpaired) electrons. The summed E-state index contributed by atoms with van der Waals surface area (Å²) < 4.78 is 5.22. The van der Waals surface area contributed by atoms with Gasteiger partial charge in [0.1, 0.15) is 16.7 Å². The van der Waals surface area contributed by atoms with Gasteiger partial charge >= 0.3 is 0 Å². The molecule has 0 spiro atoms.